The Labute approximate surface area is 151 Å². The van der Waals surface area contributed by atoms with E-state index in [1.807, 2.05) is 0 Å². The number of aliphatic hydroxyl groups excluding tert-OH is 3. The normalized spacial score (nSPS) is 25.3. The average Bonchev–Trinajstić information content (AvgIpc) is 3.19. The second kappa shape index (κ2) is 7.97. The number of unbranched alkanes of at least 4 members (excludes halogenated alkanes) is 2. The maximum atomic E-state index is 10.3. The Morgan fingerprint density at radius 1 is 1.31 bits per heavy atom. The first kappa shape index (κ1) is 18.5. The van der Waals surface area contributed by atoms with Crippen molar-refractivity contribution in [2.24, 2.45) is 0 Å². The molecule has 3 heterocycles. The van der Waals surface area contributed by atoms with E-state index >= 15 is 0 Å². The Bertz CT molecular complexity index is 828. The van der Waals surface area contributed by atoms with Gasteiger partial charge in [-0.2, -0.15) is 0 Å². The molecule has 0 unspecified atom stereocenters. The highest BCUT2D eigenvalue weighted by atomic mass is 16.6. The van der Waals surface area contributed by atoms with Gasteiger partial charge in [0.2, 0.25) is 5.82 Å². The summed E-state index contributed by atoms with van der Waals surface area (Å²) in [6.07, 6.45) is 0.121. The van der Waals surface area contributed by atoms with Crippen LogP contribution in [-0.4, -0.2) is 66.8 Å². The van der Waals surface area contributed by atoms with Gasteiger partial charge in [-0.3, -0.25) is 4.57 Å². The summed E-state index contributed by atoms with van der Waals surface area (Å²) in [7, 11) is 1.72. The number of fused-ring (bicyclic) bond motifs is 1. The van der Waals surface area contributed by atoms with Crippen molar-refractivity contribution >= 4 is 17.0 Å². The van der Waals surface area contributed by atoms with E-state index in [1.165, 1.54) is 10.9 Å². The molecular formula is C17H23N5O4. The van der Waals surface area contributed by atoms with E-state index in [0.717, 1.165) is 19.3 Å². The molecule has 3 rings (SSSR count). The zero-order valence-corrected chi connectivity index (χ0v) is 14.8. The molecule has 0 saturated carbocycles. The van der Waals surface area contributed by atoms with Crippen molar-refractivity contribution in [3.63, 3.8) is 0 Å². The summed E-state index contributed by atoms with van der Waals surface area (Å²) in [5.74, 6) is 6.85. The molecule has 26 heavy (non-hydrogen) atoms. The molecule has 9 heteroatoms. The van der Waals surface area contributed by atoms with Crippen LogP contribution in [0.1, 0.15) is 38.2 Å². The lowest BCUT2D eigenvalue weighted by atomic mass is 10.1. The van der Waals surface area contributed by atoms with E-state index in [-0.39, 0.29) is 0 Å². The van der Waals surface area contributed by atoms with Gasteiger partial charge in [-0.25, -0.2) is 15.0 Å². The Morgan fingerprint density at radius 2 is 2.12 bits per heavy atom. The fraction of sp³-hybridized carbons (Fsp3) is 0.588. The predicted molar refractivity (Wildman–Crippen MR) is 94.3 cm³/mol. The van der Waals surface area contributed by atoms with E-state index < -0.39 is 31.1 Å². The van der Waals surface area contributed by atoms with Gasteiger partial charge >= 0.3 is 0 Å². The van der Waals surface area contributed by atoms with Gasteiger partial charge in [0.25, 0.3) is 0 Å². The first-order chi connectivity index (χ1) is 12.6. The Kier molecular flexibility index (Phi) is 5.68. The van der Waals surface area contributed by atoms with Crippen molar-refractivity contribution in [2.45, 2.75) is 50.7 Å². The van der Waals surface area contributed by atoms with Crippen molar-refractivity contribution in [1.82, 2.24) is 19.5 Å². The lowest BCUT2D eigenvalue weighted by Crippen LogP contribution is -2.33. The third-order valence-electron chi connectivity index (χ3n) is 4.31. The molecule has 4 N–H and O–H groups in total. The molecule has 2 aromatic heterocycles. The number of hydrogen-bond donors (Lipinski definition) is 4. The van der Waals surface area contributed by atoms with Gasteiger partial charge in [0.05, 0.1) is 12.9 Å². The minimum atomic E-state index is -1.21. The number of rotatable bonds is 5. The quantitative estimate of drug-likeness (QED) is 0.434. The molecule has 9 nitrogen and oxygen atoms in total. The number of nitrogens with zero attached hydrogens (tertiary/aromatic N) is 4. The van der Waals surface area contributed by atoms with Gasteiger partial charge in [0.1, 0.15) is 18.3 Å². The molecule has 0 aromatic carbocycles. The maximum Gasteiger partial charge on any atom is 0.208 e. The summed E-state index contributed by atoms with van der Waals surface area (Å²) < 4.78 is 7.10. The van der Waals surface area contributed by atoms with E-state index in [4.69, 9.17) is 4.74 Å². The summed E-state index contributed by atoms with van der Waals surface area (Å²) in [6, 6.07) is 0. The summed E-state index contributed by atoms with van der Waals surface area (Å²) in [4.78, 5) is 13.1. The van der Waals surface area contributed by atoms with Gasteiger partial charge in [0, 0.05) is 13.5 Å². The van der Waals surface area contributed by atoms with Gasteiger partial charge in [0.15, 0.2) is 23.2 Å². The van der Waals surface area contributed by atoms with Crippen molar-refractivity contribution in [1.29, 1.82) is 0 Å². The maximum absolute atomic E-state index is 10.3. The fourth-order valence-corrected chi connectivity index (χ4v) is 2.85. The Hall–Kier alpha value is -2.25. The van der Waals surface area contributed by atoms with E-state index in [9.17, 15) is 15.3 Å². The van der Waals surface area contributed by atoms with Crippen LogP contribution < -0.4 is 5.32 Å². The average molecular weight is 361 g/mol. The monoisotopic (exact) mass is 361 g/mol. The van der Waals surface area contributed by atoms with Crippen LogP contribution in [0.4, 0.5) is 5.82 Å². The summed E-state index contributed by atoms with van der Waals surface area (Å²) in [6.45, 7) is 1.70. The second-order valence-electron chi connectivity index (χ2n) is 6.10. The number of anilines is 1. The molecule has 4 atom stereocenters. The fourth-order valence-electron chi connectivity index (χ4n) is 2.85. The number of imidazole rings is 1. The molecule has 0 aliphatic carbocycles. The minimum Gasteiger partial charge on any atom is -0.394 e. The highest BCUT2D eigenvalue weighted by Gasteiger charge is 2.44. The Morgan fingerprint density at radius 3 is 2.77 bits per heavy atom. The molecule has 140 valence electrons. The van der Waals surface area contributed by atoms with Crippen LogP contribution in [-0.2, 0) is 4.74 Å². The van der Waals surface area contributed by atoms with Crippen LogP contribution in [0.5, 0.6) is 0 Å². The number of hydrogen-bond acceptors (Lipinski definition) is 8. The van der Waals surface area contributed by atoms with E-state index in [0.29, 0.717) is 22.8 Å². The molecule has 1 aliphatic rings. The van der Waals surface area contributed by atoms with Gasteiger partial charge in [-0.1, -0.05) is 19.3 Å². The van der Waals surface area contributed by atoms with Crippen LogP contribution in [0, 0.1) is 11.8 Å². The van der Waals surface area contributed by atoms with Crippen molar-refractivity contribution in [2.75, 3.05) is 19.0 Å². The lowest BCUT2D eigenvalue weighted by molar-refractivity contribution is -0.0511. The molecule has 0 radical (unpaired) electrons. The van der Waals surface area contributed by atoms with Crippen LogP contribution in [0.2, 0.25) is 0 Å². The number of aromatic nitrogens is 4. The molecular weight excluding hydrogens is 338 g/mol. The minimum absolute atomic E-state index is 0.339. The summed E-state index contributed by atoms with van der Waals surface area (Å²) in [5.41, 5.74) is 0.934. The van der Waals surface area contributed by atoms with Crippen LogP contribution >= 0.6 is 0 Å². The number of ether oxygens (including phenoxy) is 1. The molecule has 1 fully saturated rings. The summed E-state index contributed by atoms with van der Waals surface area (Å²) >= 11 is 0. The van der Waals surface area contributed by atoms with E-state index in [1.54, 1.807) is 7.05 Å². The highest BCUT2D eigenvalue weighted by molar-refractivity contribution is 5.83. The lowest BCUT2D eigenvalue weighted by Gasteiger charge is -2.16. The molecule has 2 aromatic rings. The first-order valence-electron chi connectivity index (χ1n) is 8.64. The van der Waals surface area contributed by atoms with Gasteiger partial charge in [-0.05, 0) is 12.3 Å². The van der Waals surface area contributed by atoms with Crippen LogP contribution in [0.25, 0.3) is 11.2 Å². The van der Waals surface area contributed by atoms with Crippen LogP contribution in [0.15, 0.2) is 6.33 Å². The first-order valence-corrected chi connectivity index (χ1v) is 8.64. The second-order valence-corrected chi connectivity index (χ2v) is 6.10. The zero-order valence-electron chi connectivity index (χ0n) is 14.8. The topological polar surface area (TPSA) is 126 Å². The van der Waals surface area contributed by atoms with Crippen LogP contribution in [0.3, 0.4) is 0 Å². The van der Waals surface area contributed by atoms with Gasteiger partial charge in [-0.15, -0.1) is 0 Å². The summed E-state index contributed by atoms with van der Waals surface area (Å²) in [5, 5.41) is 32.5. The Balaban J connectivity index is 2.00. The molecule has 1 aliphatic heterocycles. The molecule has 1 saturated heterocycles. The van der Waals surface area contributed by atoms with Crippen molar-refractivity contribution in [3.05, 3.63) is 12.2 Å². The highest BCUT2D eigenvalue weighted by Crippen LogP contribution is 2.32. The predicted octanol–water partition coefficient (Wildman–Crippen LogP) is 0.0212. The number of nitrogens with one attached hydrogen (secondary N) is 1. The van der Waals surface area contributed by atoms with Crippen molar-refractivity contribution in [3.8, 4) is 11.8 Å². The molecule has 0 amide bonds. The van der Waals surface area contributed by atoms with Gasteiger partial charge < -0.3 is 25.4 Å². The number of aliphatic hydroxyl groups is 3. The van der Waals surface area contributed by atoms with Crippen molar-refractivity contribution < 1.29 is 20.1 Å². The SMILES string of the molecule is CCCCC#Cc1nc(NC)c2ncn([C@@H]3O[C@H](CO)[C@H](O)[C@@H]3O)c2n1. The largest absolute Gasteiger partial charge is 0.394 e. The van der Waals surface area contributed by atoms with E-state index in [2.05, 4.69) is 39.0 Å². The standard InChI is InChI=1S/C17H23N5O4/c1-3-4-5-6-7-11-20-15(18-2)12-16(21-11)22(9-19-12)17-14(25)13(24)10(8-23)26-17/h9-10,13-14,17,23-25H,3-5,8H2,1-2H3,(H,18,20,21)/t10-,13+,14+,17-/m1/s1. The molecule has 0 bridgehead atoms. The molecule has 0 spiro atoms. The zero-order chi connectivity index (χ0) is 18.7. The third-order valence-corrected chi connectivity index (χ3v) is 4.31. The third kappa shape index (κ3) is 3.37. The smallest absolute Gasteiger partial charge is 0.208 e.